The van der Waals surface area contributed by atoms with Gasteiger partial charge in [0.1, 0.15) is 5.52 Å². The second-order valence-corrected chi connectivity index (χ2v) is 8.43. The Bertz CT molecular complexity index is 1570. The molecule has 2 aromatic heterocycles. The Kier molecular flexibility index (Phi) is 3.98. The van der Waals surface area contributed by atoms with E-state index in [1.807, 2.05) is 66.7 Å². The Morgan fingerprint density at radius 3 is 2.43 bits per heavy atom. The molecule has 3 nitrogen and oxygen atoms in total. The highest BCUT2D eigenvalue weighted by atomic mass is 79.9. The zero-order chi connectivity index (χ0) is 20.2. The number of hydrogen-bond acceptors (Lipinski definition) is 2. The fourth-order valence-corrected chi connectivity index (χ4v) is 4.69. The predicted molar refractivity (Wildman–Crippen MR) is 126 cm³/mol. The predicted octanol–water partition coefficient (Wildman–Crippen LogP) is 8.01. The fraction of sp³-hybridized carbons (Fsp3) is 0. The third kappa shape index (κ3) is 2.61. The summed E-state index contributed by atoms with van der Waals surface area (Å²) in [5.41, 5.74) is 5.71. The molecule has 0 bridgehead atoms. The molecule has 0 aliphatic rings. The number of para-hydroxylation sites is 1. The molecule has 144 valence electrons. The average Bonchev–Trinajstić information content (AvgIpc) is 3.34. The highest BCUT2D eigenvalue weighted by molar-refractivity contribution is 9.10. The van der Waals surface area contributed by atoms with Crippen molar-refractivity contribution in [2.45, 2.75) is 0 Å². The molecule has 0 saturated carbocycles. The second-order valence-electron chi connectivity index (χ2n) is 7.14. The van der Waals surface area contributed by atoms with E-state index in [0.717, 1.165) is 48.6 Å². The van der Waals surface area contributed by atoms with Crippen molar-refractivity contribution in [3.63, 3.8) is 0 Å². The molecule has 0 aliphatic carbocycles. The number of nitrogens with zero attached hydrogens (tertiary/aromatic N) is 2. The molecular weight excluding hydrogens is 460 g/mol. The van der Waals surface area contributed by atoms with Crippen molar-refractivity contribution in [2.75, 3.05) is 0 Å². The number of benzene rings is 4. The van der Waals surface area contributed by atoms with Gasteiger partial charge in [0.25, 0.3) is 0 Å². The van der Waals surface area contributed by atoms with Gasteiger partial charge >= 0.3 is 0 Å². The summed E-state index contributed by atoms with van der Waals surface area (Å²) in [7, 11) is 0. The van der Waals surface area contributed by atoms with Crippen LogP contribution >= 0.6 is 27.5 Å². The van der Waals surface area contributed by atoms with Gasteiger partial charge in [0.2, 0.25) is 5.89 Å². The summed E-state index contributed by atoms with van der Waals surface area (Å²) in [6, 6.07) is 28.2. The number of oxazole rings is 1. The maximum absolute atomic E-state index is 6.39. The Hall–Kier alpha value is -3.08. The molecular formula is C25H14BrClN2O. The summed E-state index contributed by atoms with van der Waals surface area (Å²) in [5.74, 6) is 0.613. The van der Waals surface area contributed by atoms with Crippen molar-refractivity contribution in [2.24, 2.45) is 0 Å². The van der Waals surface area contributed by atoms with E-state index in [9.17, 15) is 0 Å². The first kappa shape index (κ1) is 17.8. The van der Waals surface area contributed by atoms with E-state index in [4.69, 9.17) is 21.0 Å². The average molecular weight is 474 g/mol. The smallest absolute Gasteiger partial charge is 0.227 e. The Morgan fingerprint density at radius 2 is 1.60 bits per heavy atom. The molecule has 6 aromatic rings. The van der Waals surface area contributed by atoms with E-state index < -0.39 is 0 Å². The number of fused-ring (bicyclic) bond motifs is 5. The number of aromatic nitrogens is 2. The van der Waals surface area contributed by atoms with E-state index in [-0.39, 0.29) is 0 Å². The van der Waals surface area contributed by atoms with Crippen LogP contribution in [0.15, 0.2) is 93.8 Å². The lowest BCUT2D eigenvalue weighted by molar-refractivity contribution is 0.623. The Morgan fingerprint density at radius 1 is 0.833 bits per heavy atom. The zero-order valence-corrected chi connectivity index (χ0v) is 18.0. The first-order valence-electron chi connectivity index (χ1n) is 9.54. The lowest BCUT2D eigenvalue weighted by Crippen LogP contribution is -1.94. The summed E-state index contributed by atoms with van der Waals surface area (Å²) in [6.07, 6.45) is 0. The number of hydrogen-bond donors (Lipinski definition) is 0. The Labute approximate surface area is 185 Å². The monoisotopic (exact) mass is 472 g/mol. The molecule has 30 heavy (non-hydrogen) atoms. The lowest BCUT2D eigenvalue weighted by atomic mass is 10.1. The van der Waals surface area contributed by atoms with Crippen LogP contribution in [-0.4, -0.2) is 9.55 Å². The van der Waals surface area contributed by atoms with Gasteiger partial charge in [-0.2, -0.15) is 0 Å². The summed E-state index contributed by atoms with van der Waals surface area (Å²) < 4.78 is 9.56. The summed E-state index contributed by atoms with van der Waals surface area (Å²) >= 11 is 10.1. The van der Waals surface area contributed by atoms with Gasteiger partial charge in [-0.25, -0.2) is 4.98 Å². The van der Waals surface area contributed by atoms with Gasteiger partial charge in [0, 0.05) is 20.4 Å². The molecule has 5 heteroatoms. The molecule has 2 heterocycles. The second kappa shape index (κ2) is 6.73. The molecule has 0 aliphatic heterocycles. The summed E-state index contributed by atoms with van der Waals surface area (Å²) in [4.78, 5) is 4.74. The maximum atomic E-state index is 6.39. The molecule has 0 radical (unpaired) electrons. The third-order valence-corrected chi connectivity index (χ3v) is 6.27. The zero-order valence-electron chi connectivity index (χ0n) is 15.6. The van der Waals surface area contributed by atoms with E-state index in [1.54, 1.807) is 0 Å². The van der Waals surface area contributed by atoms with Crippen LogP contribution in [0.1, 0.15) is 0 Å². The number of halogens is 2. The molecule has 6 rings (SSSR count). The maximum Gasteiger partial charge on any atom is 0.227 e. The van der Waals surface area contributed by atoms with Gasteiger partial charge in [-0.05, 0) is 70.5 Å². The normalized spacial score (nSPS) is 11.7. The minimum Gasteiger partial charge on any atom is -0.435 e. The van der Waals surface area contributed by atoms with Gasteiger partial charge in [-0.3, -0.25) is 0 Å². The molecule has 0 amide bonds. The van der Waals surface area contributed by atoms with Crippen LogP contribution in [0.5, 0.6) is 0 Å². The molecule has 0 fully saturated rings. The molecule has 0 saturated heterocycles. The van der Waals surface area contributed by atoms with Crippen LogP contribution in [-0.2, 0) is 0 Å². The van der Waals surface area contributed by atoms with Crippen molar-refractivity contribution in [3.05, 3.63) is 94.4 Å². The van der Waals surface area contributed by atoms with E-state index in [1.165, 1.54) is 0 Å². The fourth-order valence-electron chi connectivity index (χ4n) is 4.06. The highest BCUT2D eigenvalue weighted by Crippen LogP contribution is 2.40. The van der Waals surface area contributed by atoms with Crippen LogP contribution in [0, 0.1) is 0 Å². The molecule has 0 spiro atoms. The van der Waals surface area contributed by atoms with Crippen molar-refractivity contribution in [3.8, 4) is 17.1 Å². The molecule has 0 unspecified atom stereocenters. The minimum absolute atomic E-state index is 0.613. The van der Waals surface area contributed by atoms with Crippen molar-refractivity contribution in [1.82, 2.24) is 9.55 Å². The topological polar surface area (TPSA) is 31.0 Å². The first-order chi connectivity index (χ1) is 14.7. The summed E-state index contributed by atoms with van der Waals surface area (Å²) in [6.45, 7) is 0. The first-order valence-corrected chi connectivity index (χ1v) is 10.7. The summed E-state index contributed by atoms with van der Waals surface area (Å²) in [5, 5.41) is 2.73. The van der Waals surface area contributed by atoms with Crippen LogP contribution in [0.2, 0.25) is 5.02 Å². The largest absolute Gasteiger partial charge is 0.435 e. The standard InChI is InChI=1S/C25H14BrClN2O/c26-18-8-4-5-9-21(18)29-20-12-10-16(27)14-17(20)23-22(29)13-11-19-24(23)30-25(28-19)15-6-2-1-3-7-15/h1-14H. The van der Waals surface area contributed by atoms with Crippen LogP contribution in [0.3, 0.4) is 0 Å². The van der Waals surface area contributed by atoms with Crippen molar-refractivity contribution in [1.29, 1.82) is 0 Å². The molecule has 4 aromatic carbocycles. The van der Waals surface area contributed by atoms with Crippen LogP contribution in [0.25, 0.3) is 50.0 Å². The van der Waals surface area contributed by atoms with Gasteiger partial charge in [0.15, 0.2) is 5.58 Å². The van der Waals surface area contributed by atoms with Crippen LogP contribution in [0.4, 0.5) is 0 Å². The van der Waals surface area contributed by atoms with Gasteiger partial charge in [-0.1, -0.05) is 41.9 Å². The van der Waals surface area contributed by atoms with E-state index in [0.29, 0.717) is 10.9 Å². The lowest BCUT2D eigenvalue weighted by Gasteiger charge is -2.09. The quantitative estimate of drug-likeness (QED) is 0.255. The van der Waals surface area contributed by atoms with Crippen LogP contribution < -0.4 is 0 Å². The van der Waals surface area contributed by atoms with Gasteiger partial charge < -0.3 is 8.98 Å². The Balaban J connectivity index is 1.77. The van der Waals surface area contributed by atoms with E-state index in [2.05, 4.69) is 38.7 Å². The SMILES string of the molecule is Clc1ccc2c(c1)c1c3oc(-c4ccccc4)nc3ccc1n2-c1ccccc1Br. The van der Waals surface area contributed by atoms with Gasteiger partial charge in [0.05, 0.1) is 22.1 Å². The van der Waals surface area contributed by atoms with E-state index >= 15 is 0 Å². The van der Waals surface area contributed by atoms with Crippen molar-refractivity contribution < 1.29 is 4.42 Å². The van der Waals surface area contributed by atoms with Crippen molar-refractivity contribution >= 4 is 60.4 Å². The number of rotatable bonds is 2. The molecule has 0 atom stereocenters. The third-order valence-electron chi connectivity index (χ3n) is 5.36. The molecule has 0 N–H and O–H groups in total. The highest BCUT2D eigenvalue weighted by Gasteiger charge is 2.20. The minimum atomic E-state index is 0.613. The van der Waals surface area contributed by atoms with Gasteiger partial charge in [-0.15, -0.1) is 0 Å².